The predicted molar refractivity (Wildman–Crippen MR) is 102 cm³/mol. The Morgan fingerprint density at radius 3 is 2.82 bits per heavy atom. The lowest BCUT2D eigenvalue weighted by atomic mass is 9.71. The van der Waals surface area contributed by atoms with E-state index < -0.39 is 24.9 Å². The molecule has 1 unspecified atom stereocenters. The van der Waals surface area contributed by atoms with E-state index in [4.69, 9.17) is 4.65 Å². The van der Waals surface area contributed by atoms with Gasteiger partial charge in [0.05, 0.1) is 11.5 Å². The van der Waals surface area contributed by atoms with Crippen molar-refractivity contribution in [3.8, 4) is 5.75 Å². The summed E-state index contributed by atoms with van der Waals surface area (Å²) < 4.78 is 5.40. The fourth-order valence-electron chi connectivity index (χ4n) is 2.93. The van der Waals surface area contributed by atoms with Crippen molar-refractivity contribution in [1.29, 1.82) is 0 Å². The monoisotopic (exact) mass is 404 g/mol. The molecule has 0 bridgehead atoms. The minimum absolute atomic E-state index is 0.0661. The zero-order valence-electron chi connectivity index (χ0n) is 15.0. The number of likely N-dealkylation sites (N-methyl/N-ethyl adjacent to an activating group) is 1. The number of carboxylic acid groups (broad SMARTS) is 1. The van der Waals surface area contributed by atoms with Gasteiger partial charge >= 0.3 is 13.1 Å². The van der Waals surface area contributed by atoms with Crippen LogP contribution >= 0.6 is 11.3 Å². The third-order valence-electron chi connectivity index (χ3n) is 4.40. The van der Waals surface area contributed by atoms with Gasteiger partial charge in [0.1, 0.15) is 11.4 Å². The van der Waals surface area contributed by atoms with E-state index in [-0.39, 0.29) is 29.1 Å². The second-order valence-electron chi connectivity index (χ2n) is 6.03. The molecule has 2 aromatic rings. The SMILES string of the molecule is CNc1nc(/C(=N/O)C(=O)N(C)C2Cc3cccc(C(=O)O)c3OB2O)cs1. The molecule has 0 fully saturated rings. The number of benzene rings is 1. The number of rotatable bonds is 5. The molecule has 1 atom stereocenters. The van der Waals surface area contributed by atoms with Crippen LogP contribution in [0.1, 0.15) is 21.6 Å². The number of thiazole rings is 1. The lowest BCUT2D eigenvalue weighted by Gasteiger charge is -2.34. The van der Waals surface area contributed by atoms with Gasteiger partial charge < -0.3 is 30.2 Å². The van der Waals surface area contributed by atoms with Crippen LogP contribution < -0.4 is 9.97 Å². The highest BCUT2D eigenvalue weighted by Gasteiger charge is 2.42. The summed E-state index contributed by atoms with van der Waals surface area (Å²) in [4.78, 5) is 29.5. The number of nitrogens with zero attached hydrogens (tertiary/aromatic N) is 3. The number of aromatic nitrogens is 1. The number of nitrogens with one attached hydrogen (secondary N) is 1. The molecule has 1 aliphatic rings. The molecular formula is C16H17BN4O6S. The number of oxime groups is 1. The van der Waals surface area contributed by atoms with Crippen LogP contribution in [-0.4, -0.2) is 70.0 Å². The Balaban J connectivity index is 1.86. The van der Waals surface area contributed by atoms with Gasteiger partial charge in [0.2, 0.25) is 0 Å². The zero-order chi connectivity index (χ0) is 20.4. The number of carbonyl (C=O) groups is 2. The summed E-state index contributed by atoms with van der Waals surface area (Å²) in [6, 6.07) is 4.61. The van der Waals surface area contributed by atoms with Gasteiger partial charge in [0, 0.05) is 19.5 Å². The Morgan fingerprint density at radius 2 is 2.21 bits per heavy atom. The largest absolute Gasteiger partial charge is 0.547 e. The maximum atomic E-state index is 12.8. The molecule has 0 aliphatic carbocycles. The van der Waals surface area contributed by atoms with E-state index >= 15 is 0 Å². The first kappa shape index (κ1) is 19.6. The summed E-state index contributed by atoms with van der Waals surface area (Å²) in [7, 11) is 1.65. The molecule has 0 saturated heterocycles. The van der Waals surface area contributed by atoms with E-state index in [0.29, 0.717) is 10.7 Å². The summed E-state index contributed by atoms with van der Waals surface area (Å²) in [6.45, 7) is 0. The molecule has 2 heterocycles. The van der Waals surface area contributed by atoms with Crippen molar-refractivity contribution in [3.63, 3.8) is 0 Å². The lowest BCUT2D eigenvalue weighted by Crippen LogP contribution is -2.55. The van der Waals surface area contributed by atoms with Crippen molar-refractivity contribution >= 4 is 41.2 Å². The van der Waals surface area contributed by atoms with E-state index in [0.717, 1.165) is 0 Å². The maximum absolute atomic E-state index is 12.8. The molecule has 3 rings (SSSR count). The predicted octanol–water partition coefficient (Wildman–Crippen LogP) is 0.543. The van der Waals surface area contributed by atoms with Crippen LogP contribution in [0.25, 0.3) is 0 Å². The normalized spacial score (nSPS) is 16.2. The number of amides is 1. The number of hydrogen-bond donors (Lipinski definition) is 4. The molecule has 10 nitrogen and oxygen atoms in total. The molecule has 0 radical (unpaired) electrons. The molecule has 146 valence electrons. The molecule has 0 saturated carbocycles. The van der Waals surface area contributed by atoms with Crippen molar-refractivity contribution < 1.29 is 29.6 Å². The molecule has 12 heteroatoms. The summed E-state index contributed by atoms with van der Waals surface area (Å²) in [6.07, 6.45) is 0.164. The quantitative estimate of drug-likeness (QED) is 0.245. The van der Waals surface area contributed by atoms with Crippen LogP contribution in [0.3, 0.4) is 0 Å². The molecule has 1 aromatic carbocycles. The Morgan fingerprint density at radius 1 is 1.46 bits per heavy atom. The highest BCUT2D eigenvalue weighted by molar-refractivity contribution is 7.14. The van der Waals surface area contributed by atoms with Crippen molar-refractivity contribution in [3.05, 3.63) is 40.4 Å². The molecular weight excluding hydrogens is 387 g/mol. The van der Waals surface area contributed by atoms with Gasteiger partial charge in [-0.15, -0.1) is 11.3 Å². The summed E-state index contributed by atoms with van der Waals surface area (Å²) in [5.74, 6) is -2.58. The van der Waals surface area contributed by atoms with E-state index in [1.807, 2.05) is 0 Å². The van der Waals surface area contributed by atoms with Crippen LogP contribution in [0.5, 0.6) is 5.75 Å². The second kappa shape index (κ2) is 7.86. The molecule has 4 N–H and O–H groups in total. The summed E-state index contributed by atoms with van der Waals surface area (Å²) in [5, 5.41) is 37.0. The van der Waals surface area contributed by atoms with Gasteiger partial charge in [-0.1, -0.05) is 17.3 Å². The average Bonchev–Trinajstić information content (AvgIpc) is 3.15. The highest BCUT2D eigenvalue weighted by atomic mass is 32.1. The van der Waals surface area contributed by atoms with Crippen LogP contribution in [0.4, 0.5) is 5.13 Å². The number of hydrogen-bond acceptors (Lipinski definition) is 9. The summed E-state index contributed by atoms with van der Waals surface area (Å²) in [5.41, 5.74) is 0.387. The van der Waals surface area contributed by atoms with Crippen molar-refractivity contribution in [2.24, 2.45) is 5.16 Å². The molecule has 0 spiro atoms. The minimum Gasteiger partial charge on any atom is -0.534 e. The van der Waals surface area contributed by atoms with Crippen molar-refractivity contribution in [2.45, 2.75) is 12.4 Å². The van der Waals surface area contributed by atoms with Gasteiger partial charge in [-0.25, -0.2) is 9.78 Å². The number of anilines is 1. The first-order valence-corrected chi connectivity index (χ1v) is 9.08. The maximum Gasteiger partial charge on any atom is 0.547 e. The standard InChI is InChI=1S/C16H17BN4O6S/c1-18-16-19-10(7-28-16)12(20-26)14(22)21(2)11-6-8-4-3-5-9(15(23)24)13(8)27-17(11)25/h3-5,7,11,25-26H,6H2,1-2H3,(H,18,19)(H,23,24)/b20-12-. The smallest absolute Gasteiger partial charge is 0.534 e. The third kappa shape index (κ3) is 3.51. The molecule has 28 heavy (non-hydrogen) atoms. The van der Waals surface area contributed by atoms with E-state index in [1.54, 1.807) is 24.6 Å². The van der Waals surface area contributed by atoms with Crippen LogP contribution in [-0.2, 0) is 11.2 Å². The summed E-state index contributed by atoms with van der Waals surface area (Å²) >= 11 is 1.24. The highest BCUT2D eigenvalue weighted by Crippen LogP contribution is 2.31. The molecule has 1 aliphatic heterocycles. The Hall–Kier alpha value is -3.12. The van der Waals surface area contributed by atoms with E-state index in [2.05, 4.69) is 15.5 Å². The average molecular weight is 404 g/mol. The van der Waals surface area contributed by atoms with Crippen LogP contribution in [0.2, 0.25) is 0 Å². The zero-order valence-corrected chi connectivity index (χ0v) is 15.8. The topological polar surface area (TPSA) is 145 Å². The third-order valence-corrected chi connectivity index (χ3v) is 5.26. The fraction of sp³-hybridized carbons (Fsp3) is 0.250. The van der Waals surface area contributed by atoms with Gasteiger partial charge in [-0.3, -0.25) is 4.79 Å². The number of carboxylic acids is 1. The van der Waals surface area contributed by atoms with Gasteiger partial charge in [-0.05, 0) is 18.1 Å². The molecule has 1 amide bonds. The second-order valence-corrected chi connectivity index (χ2v) is 6.89. The van der Waals surface area contributed by atoms with Crippen molar-refractivity contribution in [2.75, 3.05) is 19.4 Å². The van der Waals surface area contributed by atoms with E-state index in [1.165, 1.54) is 29.4 Å². The lowest BCUT2D eigenvalue weighted by molar-refractivity contribution is -0.124. The first-order valence-electron chi connectivity index (χ1n) is 8.20. The fourth-order valence-corrected chi connectivity index (χ4v) is 3.58. The van der Waals surface area contributed by atoms with Gasteiger partial charge in [0.25, 0.3) is 5.91 Å². The number of carbonyl (C=O) groups excluding carboxylic acids is 1. The molecule has 1 aromatic heterocycles. The number of aromatic carboxylic acids is 1. The number of para-hydroxylation sites is 1. The minimum atomic E-state index is -1.45. The van der Waals surface area contributed by atoms with Crippen molar-refractivity contribution in [1.82, 2.24) is 9.88 Å². The Bertz CT molecular complexity index is 949. The Labute approximate surface area is 164 Å². The van der Waals surface area contributed by atoms with Crippen LogP contribution in [0.15, 0.2) is 28.7 Å². The number of fused-ring (bicyclic) bond motifs is 1. The van der Waals surface area contributed by atoms with E-state index in [9.17, 15) is 24.9 Å². The van der Waals surface area contributed by atoms with Gasteiger partial charge in [-0.2, -0.15) is 0 Å². The first-order chi connectivity index (χ1) is 13.4. The van der Waals surface area contributed by atoms with Gasteiger partial charge in [0.15, 0.2) is 10.8 Å². The van der Waals surface area contributed by atoms with Crippen LogP contribution in [0, 0.1) is 0 Å². The Kier molecular flexibility index (Phi) is 5.52.